The molecule has 1 atom stereocenters. The van der Waals surface area contributed by atoms with Gasteiger partial charge in [-0.1, -0.05) is 18.6 Å². The SMILES string of the molecule is CCC(C)Nc1cnnc(NCCC2=CCCCC2)n1. The molecule has 0 aliphatic heterocycles. The molecule has 20 heavy (non-hydrogen) atoms. The Hall–Kier alpha value is -1.65. The maximum Gasteiger partial charge on any atom is 0.244 e. The molecule has 1 heterocycles. The first kappa shape index (κ1) is 14.8. The van der Waals surface area contributed by atoms with Crippen LogP contribution >= 0.6 is 0 Å². The van der Waals surface area contributed by atoms with Gasteiger partial charge in [0, 0.05) is 12.6 Å². The van der Waals surface area contributed by atoms with E-state index in [-0.39, 0.29) is 0 Å². The van der Waals surface area contributed by atoms with Crippen LogP contribution in [0.2, 0.25) is 0 Å². The van der Waals surface area contributed by atoms with Crippen molar-refractivity contribution in [3.63, 3.8) is 0 Å². The third kappa shape index (κ3) is 4.79. The summed E-state index contributed by atoms with van der Waals surface area (Å²) in [6.07, 6.45) is 11.3. The molecule has 0 aromatic carbocycles. The van der Waals surface area contributed by atoms with Crippen LogP contribution < -0.4 is 10.6 Å². The summed E-state index contributed by atoms with van der Waals surface area (Å²) >= 11 is 0. The van der Waals surface area contributed by atoms with Gasteiger partial charge in [0.15, 0.2) is 5.82 Å². The highest BCUT2D eigenvalue weighted by molar-refractivity contribution is 5.37. The average molecular weight is 275 g/mol. The zero-order chi connectivity index (χ0) is 14.2. The lowest BCUT2D eigenvalue weighted by Crippen LogP contribution is -2.16. The summed E-state index contributed by atoms with van der Waals surface area (Å²) in [7, 11) is 0. The van der Waals surface area contributed by atoms with E-state index in [1.54, 1.807) is 11.8 Å². The molecule has 1 unspecified atom stereocenters. The Bertz CT molecular complexity index is 444. The molecule has 0 fully saturated rings. The van der Waals surface area contributed by atoms with E-state index in [0.717, 1.165) is 25.2 Å². The van der Waals surface area contributed by atoms with Gasteiger partial charge in [0.1, 0.15) is 0 Å². The van der Waals surface area contributed by atoms with E-state index in [0.29, 0.717) is 12.0 Å². The monoisotopic (exact) mass is 275 g/mol. The van der Waals surface area contributed by atoms with Gasteiger partial charge in [-0.2, -0.15) is 10.1 Å². The summed E-state index contributed by atoms with van der Waals surface area (Å²) in [5, 5.41) is 14.6. The number of anilines is 2. The van der Waals surface area contributed by atoms with E-state index >= 15 is 0 Å². The van der Waals surface area contributed by atoms with E-state index in [9.17, 15) is 0 Å². The molecule has 2 rings (SSSR count). The molecule has 1 aromatic heterocycles. The predicted octanol–water partition coefficient (Wildman–Crippen LogP) is 3.38. The van der Waals surface area contributed by atoms with Gasteiger partial charge < -0.3 is 10.6 Å². The fourth-order valence-corrected chi connectivity index (χ4v) is 2.27. The second-order valence-corrected chi connectivity index (χ2v) is 5.40. The molecule has 5 heteroatoms. The minimum absolute atomic E-state index is 0.395. The number of aromatic nitrogens is 3. The molecule has 1 aliphatic carbocycles. The van der Waals surface area contributed by atoms with Crippen LogP contribution in [0.25, 0.3) is 0 Å². The Balaban J connectivity index is 1.80. The third-order valence-corrected chi connectivity index (χ3v) is 3.68. The van der Waals surface area contributed by atoms with Gasteiger partial charge >= 0.3 is 0 Å². The summed E-state index contributed by atoms with van der Waals surface area (Å²) in [5.74, 6) is 1.39. The molecular weight excluding hydrogens is 250 g/mol. The van der Waals surface area contributed by atoms with Crippen molar-refractivity contribution in [2.24, 2.45) is 0 Å². The van der Waals surface area contributed by atoms with Crippen LogP contribution in [-0.4, -0.2) is 27.8 Å². The number of nitrogens with zero attached hydrogens (tertiary/aromatic N) is 3. The van der Waals surface area contributed by atoms with Crippen molar-refractivity contribution in [2.75, 3.05) is 17.2 Å². The van der Waals surface area contributed by atoms with E-state index in [1.165, 1.54) is 25.7 Å². The van der Waals surface area contributed by atoms with Crippen LogP contribution in [0.4, 0.5) is 11.8 Å². The summed E-state index contributed by atoms with van der Waals surface area (Å²) in [6.45, 7) is 5.15. The molecule has 0 saturated heterocycles. The molecular formula is C15H25N5. The van der Waals surface area contributed by atoms with Crippen molar-refractivity contribution in [2.45, 2.75) is 58.4 Å². The summed E-state index contributed by atoms with van der Waals surface area (Å²) < 4.78 is 0. The van der Waals surface area contributed by atoms with Crippen LogP contribution in [0.5, 0.6) is 0 Å². The molecule has 1 aliphatic rings. The highest BCUT2D eigenvalue weighted by atomic mass is 15.3. The van der Waals surface area contributed by atoms with Crippen molar-refractivity contribution >= 4 is 11.8 Å². The van der Waals surface area contributed by atoms with Gasteiger partial charge in [0.05, 0.1) is 6.20 Å². The first-order valence-corrected chi connectivity index (χ1v) is 7.66. The van der Waals surface area contributed by atoms with Crippen molar-refractivity contribution in [3.05, 3.63) is 17.8 Å². The normalized spacial score (nSPS) is 16.4. The lowest BCUT2D eigenvalue weighted by molar-refractivity contribution is 0.678. The lowest BCUT2D eigenvalue weighted by Gasteiger charge is -2.14. The molecule has 0 saturated carbocycles. The molecule has 0 spiro atoms. The zero-order valence-corrected chi connectivity index (χ0v) is 12.5. The fraction of sp³-hybridized carbons (Fsp3) is 0.667. The number of hydrogen-bond donors (Lipinski definition) is 2. The van der Waals surface area contributed by atoms with E-state index in [4.69, 9.17) is 0 Å². The van der Waals surface area contributed by atoms with E-state index < -0.39 is 0 Å². The first-order valence-electron chi connectivity index (χ1n) is 7.66. The average Bonchev–Trinajstić information content (AvgIpc) is 2.48. The maximum absolute atomic E-state index is 4.43. The molecule has 5 nitrogen and oxygen atoms in total. The molecule has 110 valence electrons. The Morgan fingerprint density at radius 3 is 3.00 bits per heavy atom. The van der Waals surface area contributed by atoms with Gasteiger partial charge in [0.2, 0.25) is 5.95 Å². The minimum Gasteiger partial charge on any atom is -0.366 e. The standard InChI is InChI=1S/C15H25N5/c1-3-12(2)18-14-11-17-20-15(19-14)16-10-9-13-7-5-4-6-8-13/h7,11-12H,3-6,8-10H2,1-2H3,(H2,16,18,19,20). The Morgan fingerprint density at radius 1 is 1.35 bits per heavy atom. The van der Waals surface area contributed by atoms with Crippen molar-refractivity contribution < 1.29 is 0 Å². The Morgan fingerprint density at radius 2 is 2.25 bits per heavy atom. The number of allylic oxidation sites excluding steroid dienone is 1. The van der Waals surface area contributed by atoms with Crippen LogP contribution in [0.15, 0.2) is 17.8 Å². The third-order valence-electron chi connectivity index (χ3n) is 3.68. The van der Waals surface area contributed by atoms with Gasteiger partial charge in [-0.05, 0) is 45.4 Å². The maximum atomic E-state index is 4.43. The summed E-state index contributed by atoms with van der Waals surface area (Å²) in [5.41, 5.74) is 1.56. The van der Waals surface area contributed by atoms with E-state index in [2.05, 4.69) is 45.7 Å². The summed E-state index contributed by atoms with van der Waals surface area (Å²) in [6, 6.07) is 0.395. The topological polar surface area (TPSA) is 62.7 Å². The number of rotatable bonds is 7. The van der Waals surface area contributed by atoms with Crippen molar-refractivity contribution in [1.29, 1.82) is 0 Å². The van der Waals surface area contributed by atoms with Crippen molar-refractivity contribution in [1.82, 2.24) is 15.2 Å². The first-order chi connectivity index (χ1) is 9.78. The van der Waals surface area contributed by atoms with Gasteiger partial charge in [0.25, 0.3) is 0 Å². The summed E-state index contributed by atoms with van der Waals surface area (Å²) in [4.78, 5) is 4.43. The minimum atomic E-state index is 0.395. The van der Waals surface area contributed by atoms with Crippen LogP contribution in [0.1, 0.15) is 52.4 Å². The Labute approximate surface area is 121 Å². The fourth-order valence-electron chi connectivity index (χ4n) is 2.27. The second-order valence-electron chi connectivity index (χ2n) is 5.40. The number of hydrogen-bond acceptors (Lipinski definition) is 5. The van der Waals surface area contributed by atoms with Crippen LogP contribution in [0.3, 0.4) is 0 Å². The Kier molecular flexibility index (Phi) is 5.77. The molecule has 0 radical (unpaired) electrons. The zero-order valence-electron chi connectivity index (χ0n) is 12.5. The van der Waals surface area contributed by atoms with Gasteiger partial charge in [-0.15, -0.1) is 5.10 Å². The van der Waals surface area contributed by atoms with Gasteiger partial charge in [-0.3, -0.25) is 0 Å². The smallest absolute Gasteiger partial charge is 0.244 e. The predicted molar refractivity (Wildman–Crippen MR) is 82.9 cm³/mol. The highest BCUT2D eigenvalue weighted by Gasteiger charge is 2.05. The lowest BCUT2D eigenvalue weighted by atomic mass is 9.97. The molecule has 1 aromatic rings. The van der Waals surface area contributed by atoms with Crippen LogP contribution in [-0.2, 0) is 0 Å². The van der Waals surface area contributed by atoms with Crippen molar-refractivity contribution in [3.8, 4) is 0 Å². The van der Waals surface area contributed by atoms with E-state index in [1.807, 2.05) is 0 Å². The van der Waals surface area contributed by atoms with Gasteiger partial charge in [-0.25, -0.2) is 0 Å². The highest BCUT2D eigenvalue weighted by Crippen LogP contribution is 2.19. The number of nitrogens with one attached hydrogen (secondary N) is 2. The molecule has 2 N–H and O–H groups in total. The molecule has 0 amide bonds. The largest absolute Gasteiger partial charge is 0.366 e. The molecule has 0 bridgehead atoms. The quantitative estimate of drug-likeness (QED) is 0.747. The second kappa shape index (κ2) is 7.82. The van der Waals surface area contributed by atoms with Crippen LogP contribution in [0, 0.1) is 0 Å².